The molecule has 0 aromatic heterocycles. The van der Waals surface area contributed by atoms with Crippen LogP contribution in [0.15, 0.2) is 46.9 Å². The highest BCUT2D eigenvalue weighted by Gasteiger charge is 2.16. The van der Waals surface area contributed by atoms with Crippen molar-refractivity contribution < 1.29 is 0 Å². The molecular weight excluding hydrogens is 300 g/mol. The van der Waals surface area contributed by atoms with E-state index < -0.39 is 0 Å². The number of nitriles is 1. The molecule has 0 atom stereocenters. The molecule has 0 fully saturated rings. The first kappa shape index (κ1) is 12.3. The van der Waals surface area contributed by atoms with Gasteiger partial charge in [0.05, 0.1) is 11.6 Å². The molecule has 0 N–H and O–H groups in total. The fourth-order valence-electron chi connectivity index (χ4n) is 2.54. The summed E-state index contributed by atoms with van der Waals surface area (Å²) < 4.78 is 0.959. The minimum atomic E-state index is 0.697. The van der Waals surface area contributed by atoms with E-state index in [-0.39, 0.29) is 0 Å². The van der Waals surface area contributed by atoms with Gasteiger partial charge < -0.3 is 4.90 Å². The van der Waals surface area contributed by atoms with E-state index in [1.165, 1.54) is 11.1 Å². The van der Waals surface area contributed by atoms with Crippen molar-refractivity contribution in [3.63, 3.8) is 0 Å². The van der Waals surface area contributed by atoms with Crippen LogP contribution in [0.25, 0.3) is 0 Å². The summed E-state index contributed by atoms with van der Waals surface area (Å²) in [4.78, 5) is 2.33. The van der Waals surface area contributed by atoms with Crippen molar-refractivity contribution in [3.05, 3.63) is 63.6 Å². The van der Waals surface area contributed by atoms with Crippen molar-refractivity contribution in [2.75, 3.05) is 11.4 Å². The summed E-state index contributed by atoms with van der Waals surface area (Å²) >= 11 is 3.47. The first-order valence-electron chi connectivity index (χ1n) is 6.29. The predicted molar refractivity (Wildman–Crippen MR) is 80.1 cm³/mol. The summed E-state index contributed by atoms with van der Waals surface area (Å²) in [5.74, 6) is 0. The average molecular weight is 313 g/mol. The standard InChI is InChI=1S/C16H13BrN2/c17-15-7-12(10-18)8-16(9-15)19-6-5-13-3-1-2-4-14(13)11-19/h1-4,7-9H,5-6,11H2. The molecule has 1 heterocycles. The number of halogens is 1. The van der Waals surface area contributed by atoms with Crippen LogP contribution in [0.2, 0.25) is 0 Å². The Kier molecular flexibility index (Phi) is 3.27. The number of anilines is 1. The molecule has 0 saturated heterocycles. The van der Waals surface area contributed by atoms with Crippen LogP contribution in [0, 0.1) is 11.3 Å². The van der Waals surface area contributed by atoms with Crippen LogP contribution >= 0.6 is 15.9 Å². The van der Waals surface area contributed by atoms with Gasteiger partial charge in [-0.2, -0.15) is 5.26 Å². The molecule has 0 bridgehead atoms. The van der Waals surface area contributed by atoms with Gasteiger partial charge in [0.2, 0.25) is 0 Å². The maximum atomic E-state index is 9.05. The van der Waals surface area contributed by atoms with E-state index in [1.54, 1.807) is 0 Å². The van der Waals surface area contributed by atoms with Crippen LogP contribution < -0.4 is 4.90 Å². The lowest BCUT2D eigenvalue weighted by Crippen LogP contribution is -2.30. The first-order valence-corrected chi connectivity index (χ1v) is 7.08. The SMILES string of the molecule is N#Cc1cc(Br)cc(N2CCc3ccccc3C2)c1. The van der Waals surface area contributed by atoms with Crippen LogP contribution in [-0.4, -0.2) is 6.54 Å². The highest BCUT2D eigenvalue weighted by molar-refractivity contribution is 9.10. The molecule has 2 aromatic carbocycles. The number of benzene rings is 2. The Morgan fingerprint density at radius 3 is 2.68 bits per heavy atom. The molecule has 1 aliphatic heterocycles. The molecule has 0 amide bonds. The minimum absolute atomic E-state index is 0.697. The van der Waals surface area contributed by atoms with Gasteiger partial charge in [0.25, 0.3) is 0 Å². The molecule has 0 spiro atoms. The molecule has 2 nitrogen and oxygen atoms in total. The minimum Gasteiger partial charge on any atom is -0.367 e. The third kappa shape index (κ3) is 2.50. The summed E-state index contributed by atoms with van der Waals surface area (Å²) in [5.41, 5.74) is 4.63. The number of nitrogens with zero attached hydrogens (tertiary/aromatic N) is 2. The monoisotopic (exact) mass is 312 g/mol. The fourth-order valence-corrected chi connectivity index (χ4v) is 3.02. The number of fused-ring (bicyclic) bond motifs is 1. The second-order valence-corrected chi connectivity index (χ2v) is 5.67. The highest BCUT2D eigenvalue weighted by atomic mass is 79.9. The lowest BCUT2D eigenvalue weighted by atomic mass is 9.99. The summed E-state index contributed by atoms with van der Waals surface area (Å²) in [5, 5.41) is 9.05. The van der Waals surface area contributed by atoms with Gasteiger partial charge in [0, 0.05) is 23.2 Å². The van der Waals surface area contributed by atoms with Crippen LogP contribution in [-0.2, 0) is 13.0 Å². The van der Waals surface area contributed by atoms with Gasteiger partial charge in [0.1, 0.15) is 0 Å². The molecule has 2 aromatic rings. The number of hydrogen-bond donors (Lipinski definition) is 0. The van der Waals surface area contributed by atoms with Crippen molar-refractivity contribution in [3.8, 4) is 6.07 Å². The molecule has 3 heteroatoms. The van der Waals surface area contributed by atoms with E-state index in [4.69, 9.17) is 5.26 Å². The topological polar surface area (TPSA) is 27.0 Å². The predicted octanol–water partition coefficient (Wildman–Crippen LogP) is 3.88. The third-order valence-electron chi connectivity index (χ3n) is 3.51. The lowest BCUT2D eigenvalue weighted by molar-refractivity contribution is 0.731. The summed E-state index contributed by atoms with van der Waals surface area (Å²) in [6.45, 7) is 1.91. The van der Waals surface area contributed by atoms with E-state index in [9.17, 15) is 0 Å². The Morgan fingerprint density at radius 2 is 1.89 bits per heavy atom. The summed E-state index contributed by atoms with van der Waals surface area (Å²) in [6, 6.07) is 16.7. The second-order valence-electron chi connectivity index (χ2n) is 4.75. The van der Waals surface area contributed by atoms with Gasteiger partial charge in [-0.3, -0.25) is 0 Å². The quantitative estimate of drug-likeness (QED) is 0.799. The number of rotatable bonds is 1. The van der Waals surface area contributed by atoms with E-state index in [0.717, 1.165) is 29.7 Å². The fraction of sp³-hybridized carbons (Fsp3) is 0.188. The molecule has 0 saturated carbocycles. The van der Waals surface area contributed by atoms with Gasteiger partial charge in [-0.25, -0.2) is 0 Å². The maximum Gasteiger partial charge on any atom is 0.0992 e. The van der Waals surface area contributed by atoms with Gasteiger partial charge >= 0.3 is 0 Å². The molecular formula is C16H13BrN2. The van der Waals surface area contributed by atoms with E-state index in [0.29, 0.717) is 5.56 Å². The van der Waals surface area contributed by atoms with Crippen molar-refractivity contribution in [2.45, 2.75) is 13.0 Å². The zero-order valence-electron chi connectivity index (χ0n) is 10.4. The maximum absolute atomic E-state index is 9.05. The Morgan fingerprint density at radius 1 is 1.11 bits per heavy atom. The van der Waals surface area contributed by atoms with Crippen molar-refractivity contribution in [1.82, 2.24) is 0 Å². The van der Waals surface area contributed by atoms with Crippen molar-refractivity contribution in [2.24, 2.45) is 0 Å². The van der Waals surface area contributed by atoms with Crippen LogP contribution in [0.1, 0.15) is 16.7 Å². The van der Waals surface area contributed by atoms with Crippen molar-refractivity contribution >= 4 is 21.6 Å². The van der Waals surface area contributed by atoms with E-state index in [1.807, 2.05) is 12.1 Å². The molecule has 1 aliphatic rings. The summed E-state index contributed by atoms with van der Waals surface area (Å²) in [7, 11) is 0. The Hall–Kier alpha value is -1.79. The Bertz CT molecular complexity index is 658. The van der Waals surface area contributed by atoms with Crippen LogP contribution in [0.5, 0.6) is 0 Å². The van der Waals surface area contributed by atoms with Gasteiger partial charge in [-0.1, -0.05) is 40.2 Å². The normalized spacial score (nSPS) is 13.8. The van der Waals surface area contributed by atoms with Crippen LogP contribution in [0.4, 0.5) is 5.69 Å². The molecule has 3 rings (SSSR count). The highest BCUT2D eigenvalue weighted by Crippen LogP contribution is 2.27. The van der Waals surface area contributed by atoms with Gasteiger partial charge in [0.15, 0.2) is 0 Å². The number of hydrogen-bond acceptors (Lipinski definition) is 2. The Labute approximate surface area is 121 Å². The van der Waals surface area contributed by atoms with E-state index >= 15 is 0 Å². The van der Waals surface area contributed by atoms with Crippen molar-refractivity contribution in [1.29, 1.82) is 5.26 Å². The molecule has 19 heavy (non-hydrogen) atoms. The zero-order chi connectivity index (χ0) is 13.2. The first-order chi connectivity index (χ1) is 9.26. The zero-order valence-corrected chi connectivity index (χ0v) is 12.0. The lowest BCUT2D eigenvalue weighted by Gasteiger charge is -2.31. The summed E-state index contributed by atoms with van der Waals surface area (Å²) in [6.07, 6.45) is 1.06. The molecule has 0 aliphatic carbocycles. The molecule has 94 valence electrons. The van der Waals surface area contributed by atoms with Crippen LogP contribution in [0.3, 0.4) is 0 Å². The third-order valence-corrected chi connectivity index (χ3v) is 3.97. The second kappa shape index (κ2) is 5.07. The van der Waals surface area contributed by atoms with Gasteiger partial charge in [-0.05, 0) is 35.7 Å². The largest absolute Gasteiger partial charge is 0.367 e. The Balaban J connectivity index is 1.93. The molecule has 0 unspecified atom stereocenters. The average Bonchev–Trinajstić information content (AvgIpc) is 2.46. The van der Waals surface area contributed by atoms with Gasteiger partial charge in [-0.15, -0.1) is 0 Å². The smallest absolute Gasteiger partial charge is 0.0992 e. The van der Waals surface area contributed by atoms with E-state index in [2.05, 4.69) is 57.2 Å². The molecule has 0 radical (unpaired) electrons.